The number of anilines is 1. The zero-order chi connectivity index (χ0) is 21.2. The highest BCUT2D eigenvalue weighted by molar-refractivity contribution is 5.85. The summed E-state index contributed by atoms with van der Waals surface area (Å²) in [4.78, 5) is 9.81. The van der Waals surface area contributed by atoms with E-state index in [1.807, 2.05) is 28.8 Å². The van der Waals surface area contributed by atoms with Crippen molar-refractivity contribution in [2.75, 3.05) is 37.6 Å². The molecule has 0 unspecified atom stereocenters. The number of nitrogens with zero attached hydrogens (tertiary/aromatic N) is 5. The van der Waals surface area contributed by atoms with Crippen LogP contribution in [0.25, 0.3) is 28.2 Å². The van der Waals surface area contributed by atoms with Gasteiger partial charge in [0.2, 0.25) is 0 Å². The molecule has 5 rings (SSSR count). The molecule has 1 aliphatic heterocycles. The zero-order valence-electron chi connectivity index (χ0n) is 18.1. The summed E-state index contributed by atoms with van der Waals surface area (Å²) in [5, 5.41) is 4.85. The number of hydrogen-bond donors (Lipinski definition) is 0. The summed E-state index contributed by atoms with van der Waals surface area (Å²) in [5.41, 5.74) is 4.49. The molecule has 2 aromatic heterocycles. The van der Waals surface area contributed by atoms with Gasteiger partial charge in [0.15, 0.2) is 5.65 Å². The molecule has 32 heavy (non-hydrogen) atoms. The predicted molar refractivity (Wildman–Crippen MR) is 130 cm³/mol. The second-order valence-corrected chi connectivity index (χ2v) is 8.00. The number of aromatic nitrogens is 3. The first-order chi connectivity index (χ1) is 15.2. The molecule has 166 valence electrons. The first-order valence-corrected chi connectivity index (χ1v) is 10.9. The highest BCUT2D eigenvalue weighted by atomic mass is 35.5. The molecule has 1 fully saturated rings. The molecule has 0 aliphatic carbocycles. The molecule has 2 aromatic carbocycles. The van der Waals surface area contributed by atoms with Crippen molar-refractivity contribution in [3.8, 4) is 22.5 Å². The average molecular weight is 452 g/mol. The van der Waals surface area contributed by atoms with Crippen LogP contribution in [0.5, 0.6) is 0 Å². The van der Waals surface area contributed by atoms with E-state index in [2.05, 4.69) is 34.9 Å². The summed E-state index contributed by atoms with van der Waals surface area (Å²) in [5.74, 6) is 0.802. The van der Waals surface area contributed by atoms with Crippen LogP contribution in [0.1, 0.15) is 13.3 Å². The molecule has 0 bridgehead atoms. The second kappa shape index (κ2) is 9.67. The Morgan fingerprint density at radius 3 is 2.22 bits per heavy atom. The number of hydrogen-bond acceptors (Lipinski definition) is 4. The molecule has 0 atom stereocenters. The maximum absolute atomic E-state index is 13.4. The van der Waals surface area contributed by atoms with Gasteiger partial charge in [0.05, 0.1) is 11.4 Å². The SMILES string of the molecule is CCCN1CCN(c2cc(-c3ccccc3)nc3cc(-c4ccc(F)cc4)nn23)CC1.Cl. The lowest BCUT2D eigenvalue weighted by molar-refractivity contribution is 0.257. The van der Waals surface area contributed by atoms with Crippen LogP contribution < -0.4 is 4.90 Å². The Labute approximate surface area is 193 Å². The van der Waals surface area contributed by atoms with Crippen LogP contribution in [0.4, 0.5) is 10.2 Å². The molecule has 0 radical (unpaired) electrons. The van der Waals surface area contributed by atoms with Crippen molar-refractivity contribution in [1.29, 1.82) is 0 Å². The van der Waals surface area contributed by atoms with Crippen molar-refractivity contribution in [1.82, 2.24) is 19.5 Å². The van der Waals surface area contributed by atoms with Gasteiger partial charge in [0.1, 0.15) is 11.6 Å². The average Bonchev–Trinajstić information content (AvgIpc) is 3.24. The number of rotatable bonds is 5. The van der Waals surface area contributed by atoms with E-state index in [0.29, 0.717) is 0 Å². The Hall–Kier alpha value is -2.96. The monoisotopic (exact) mass is 451 g/mol. The first kappa shape index (κ1) is 22.2. The fraction of sp³-hybridized carbons (Fsp3) is 0.280. The van der Waals surface area contributed by atoms with Gasteiger partial charge in [-0.3, -0.25) is 4.90 Å². The Kier molecular flexibility index (Phi) is 6.72. The van der Waals surface area contributed by atoms with Crippen LogP contribution in [0.2, 0.25) is 0 Å². The molecule has 5 nitrogen and oxygen atoms in total. The third kappa shape index (κ3) is 4.47. The molecule has 3 heterocycles. The maximum Gasteiger partial charge on any atom is 0.158 e. The Bertz CT molecular complexity index is 1170. The molecular formula is C25H27ClFN5. The van der Waals surface area contributed by atoms with E-state index < -0.39 is 0 Å². The summed E-state index contributed by atoms with van der Waals surface area (Å²) < 4.78 is 15.3. The van der Waals surface area contributed by atoms with Gasteiger partial charge in [-0.05, 0) is 37.2 Å². The largest absolute Gasteiger partial charge is 0.354 e. The van der Waals surface area contributed by atoms with E-state index in [0.717, 1.165) is 66.7 Å². The quantitative estimate of drug-likeness (QED) is 0.420. The van der Waals surface area contributed by atoms with Crippen molar-refractivity contribution in [3.63, 3.8) is 0 Å². The second-order valence-electron chi connectivity index (χ2n) is 8.00. The molecular weight excluding hydrogens is 425 g/mol. The smallest absolute Gasteiger partial charge is 0.158 e. The summed E-state index contributed by atoms with van der Waals surface area (Å²) in [7, 11) is 0. The van der Waals surface area contributed by atoms with Crippen molar-refractivity contribution < 1.29 is 4.39 Å². The fourth-order valence-electron chi connectivity index (χ4n) is 4.22. The van der Waals surface area contributed by atoms with Crippen LogP contribution in [-0.2, 0) is 0 Å². The molecule has 0 spiro atoms. The van der Waals surface area contributed by atoms with Gasteiger partial charge in [-0.1, -0.05) is 37.3 Å². The molecule has 4 aromatic rings. The van der Waals surface area contributed by atoms with Crippen molar-refractivity contribution in [2.45, 2.75) is 13.3 Å². The lowest BCUT2D eigenvalue weighted by atomic mass is 10.1. The van der Waals surface area contributed by atoms with E-state index in [-0.39, 0.29) is 18.2 Å². The van der Waals surface area contributed by atoms with Gasteiger partial charge in [-0.2, -0.15) is 9.61 Å². The number of halogens is 2. The highest BCUT2D eigenvalue weighted by Crippen LogP contribution is 2.28. The lowest BCUT2D eigenvalue weighted by Crippen LogP contribution is -2.47. The van der Waals surface area contributed by atoms with E-state index in [4.69, 9.17) is 10.1 Å². The fourth-order valence-corrected chi connectivity index (χ4v) is 4.22. The number of benzene rings is 2. The van der Waals surface area contributed by atoms with E-state index in [1.54, 1.807) is 12.1 Å². The van der Waals surface area contributed by atoms with Gasteiger partial charge >= 0.3 is 0 Å². The normalized spacial score (nSPS) is 14.5. The highest BCUT2D eigenvalue weighted by Gasteiger charge is 2.21. The minimum absolute atomic E-state index is 0. The summed E-state index contributed by atoms with van der Waals surface area (Å²) in [6.07, 6.45) is 1.18. The molecule has 0 amide bonds. The van der Waals surface area contributed by atoms with E-state index >= 15 is 0 Å². The lowest BCUT2D eigenvalue weighted by Gasteiger charge is -2.35. The van der Waals surface area contributed by atoms with E-state index in [1.165, 1.54) is 18.6 Å². The van der Waals surface area contributed by atoms with Gasteiger partial charge < -0.3 is 4.90 Å². The van der Waals surface area contributed by atoms with E-state index in [9.17, 15) is 4.39 Å². The van der Waals surface area contributed by atoms with Crippen molar-refractivity contribution >= 4 is 23.9 Å². The topological polar surface area (TPSA) is 36.7 Å². The van der Waals surface area contributed by atoms with Crippen LogP contribution in [0, 0.1) is 5.82 Å². The first-order valence-electron chi connectivity index (χ1n) is 10.9. The van der Waals surface area contributed by atoms with Crippen molar-refractivity contribution in [3.05, 3.63) is 72.5 Å². The van der Waals surface area contributed by atoms with Crippen molar-refractivity contribution in [2.24, 2.45) is 0 Å². The summed E-state index contributed by atoms with van der Waals surface area (Å²) in [6, 6.07) is 20.8. The van der Waals surface area contributed by atoms with Crippen LogP contribution in [0.3, 0.4) is 0 Å². The molecule has 1 aliphatic rings. The third-order valence-electron chi connectivity index (χ3n) is 5.85. The maximum atomic E-state index is 13.4. The number of piperazine rings is 1. The van der Waals surface area contributed by atoms with Crippen LogP contribution >= 0.6 is 12.4 Å². The minimum atomic E-state index is -0.248. The van der Waals surface area contributed by atoms with Crippen LogP contribution in [0.15, 0.2) is 66.7 Å². The summed E-state index contributed by atoms with van der Waals surface area (Å²) in [6.45, 7) is 7.38. The molecule has 0 saturated carbocycles. The van der Waals surface area contributed by atoms with Gasteiger partial charge in [-0.25, -0.2) is 9.37 Å². The molecule has 7 heteroatoms. The van der Waals surface area contributed by atoms with Crippen LogP contribution in [-0.4, -0.2) is 52.2 Å². The standard InChI is InChI=1S/C25H26FN5.ClH/c1-2-12-29-13-15-30(16-14-29)25-18-22(19-6-4-3-5-7-19)27-24-17-23(28-31(24)25)20-8-10-21(26)11-9-20;/h3-11,17-18H,2,12-16H2,1H3;1H. The Morgan fingerprint density at radius 2 is 1.53 bits per heavy atom. The molecule has 1 saturated heterocycles. The summed E-state index contributed by atoms with van der Waals surface area (Å²) >= 11 is 0. The third-order valence-corrected chi connectivity index (χ3v) is 5.85. The Morgan fingerprint density at radius 1 is 0.844 bits per heavy atom. The zero-order valence-corrected chi connectivity index (χ0v) is 18.9. The predicted octanol–water partition coefficient (Wildman–Crippen LogP) is 5.16. The Balaban J connectivity index is 0.00000245. The van der Waals surface area contributed by atoms with Gasteiger partial charge in [0.25, 0.3) is 0 Å². The van der Waals surface area contributed by atoms with Gasteiger partial charge in [0, 0.05) is 49.4 Å². The molecule has 0 N–H and O–H groups in total. The van der Waals surface area contributed by atoms with Gasteiger partial charge in [-0.15, -0.1) is 12.4 Å². The number of fused-ring (bicyclic) bond motifs is 1. The minimum Gasteiger partial charge on any atom is -0.354 e.